The fourth-order valence-corrected chi connectivity index (χ4v) is 3.05. The van der Waals surface area contributed by atoms with Crippen molar-refractivity contribution in [1.82, 2.24) is 14.9 Å². The van der Waals surface area contributed by atoms with Crippen molar-refractivity contribution >= 4 is 11.7 Å². The summed E-state index contributed by atoms with van der Waals surface area (Å²) in [5.41, 5.74) is 0.481. The third kappa shape index (κ3) is 4.09. The van der Waals surface area contributed by atoms with Crippen molar-refractivity contribution in [3.8, 4) is 5.88 Å². The van der Waals surface area contributed by atoms with Crippen LogP contribution >= 0.6 is 0 Å². The summed E-state index contributed by atoms with van der Waals surface area (Å²) in [4.78, 5) is 25.0. The van der Waals surface area contributed by atoms with Crippen LogP contribution in [0.4, 0.5) is 10.2 Å². The Bertz CT molecular complexity index is 753. The maximum atomic E-state index is 13.0. The van der Waals surface area contributed by atoms with Crippen molar-refractivity contribution in [3.05, 3.63) is 48.0 Å². The Morgan fingerprint density at radius 2 is 2.04 bits per heavy atom. The van der Waals surface area contributed by atoms with E-state index in [2.05, 4.69) is 16.9 Å². The number of halogens is 1. The second-order valence-electron chi connectivity index (χ2n) is 6.39. The minimum absolute atomic E-state index is 0.112. The molecule has 0 aliphatic carbocycles. The number of amides is 1. The summed E-state index contributed by atoms with van der Waals surface area (Å²) in [6.45, 7) is 4.03. The molecule has 1 atom stereocenters. The van der Waals surface area contributed by atoms with E-state index in [0.29, 0.717) is 30.4 Å². The van der Waals surface area contributed by atoms with Crippen LogP contribution in [-0.4, -0.2) is 53.6 Å². The van der Waals surface area contributed by atoms with Crippen LogP contribution < -0.4 is 9.64 Å². The second-order valence-corrected chi connectivity index (χ2v) is 6.39. The van der Waals surface area contributed by atoms with E-state index in [1.54, 1.807) is 17.3 Å². The number of rotatable bonds is 6. The van der Waals surface area contributed by atoms with Gasteiger partial charge in [0.2, 0.25) is 0 Å². The van der Waals surface area contributed by atoms with Crippen LogP contribution in [0.3, 0.4) is 0 Å². The first-order chi connectivity index (χ1) is 12.6. The maximum Gasteiger partial charge on any atom is 0.257 e. The average molecular weight is 358 g/mol. The molecular formula is C19H23FN4O2. The molecule has 0 radical (unpaired) electrons. The van der Waals surface area contributed by atoms with Crippen molar-refractivity contribution in [2.45, 2.75) is 25.9 Å². The lowest BCUT2D eigenvalue weighted by atomic mass is 10.2. The number of hydrogen-bond acceptors (Lipinski definition) is 5. The molecule has 26 heavy (non-hydrogen) atoms. The predicted octanol–water partition coefficient (Wildman–Crippen LogP) is 2.76. The molecule has 1 aromatic carbocycles. The van der Waals surface area contributed by atoms with E-state index in [1.165, 1.54) is 24.3 Å². The quantitative estimate of drug-likeness (QED) is 0.795. The number of ether oxygens (including phenoxy) is 1. The monoisotopic (exact) mass is 358 g/mol. The topological polar surface area (TPSA) is 58.6 Å². The Hall–Kier alpha value is -2.70. The first-order valence-electron chi connectivity index (χ1n) is 8.82. The minimum Gasteiger partial charge on any atom is -0.470 e. The molecule has 7 heteroatoms. The van der Waals surface area contributed by atoms with E-state index >= 15 is 0 Å². The predicted molar refractivity (Wildman–Crippen MR) is 96.9 cm³/mol. The van der Waals surface area contributed by atoms with Gasteiger partial charge in [-0.3, -0.25) is 4.79 Å². The van der Waals surface area contributed by atoms with Gasteiger partial charge in [0.05, 0.1) is 6.54 Å². The summed E-state index contributed by atoms with van der Waals surface area (Å²) >= 11 is 0. The molecule has 2 heterocycles. The van der Waals surface area contributed by atoms with Gasteiger partial charge in [0.1, 0.15) is 11.9 Å². The summed E-state index contributed by atoms with van der Waals surface area (Å²) in [7, 11) is 1.96. The number of carbonyl (C=O) groups excluding carboxylic acids is 1. The highest BCUT2D eigenvalue weighted by Crippen LogP contribution is 2.25. The SMILES string of the molecule is CCCN(C)c1nccnc1OC1CCN(C(=O)c2ccc(F)cc2)C1. The number of anilines is 1. The summed E-state index contributed by atoms with van der Waals surface area (Å²) in [6, 6.07) is 5.61. The van der Waals surface area contributed by atoms with Gasteiger partial charge in [-0.2, -0.15) is 0 Å². The van der Waals surface area contributed by atoms with Crippen molar-refractivity contribution in [2.24, 2.45) is 0 Å². The van der Waals surface area contributed by atoms with Crippen molar-refractivity contribution < 1.29 is 13.9 Å². The van der Waals surface area contributed by atoms with Crippen LogP contribution in [0.15, 0.2) is 36.7 Å². The van der Waals surface area contributed by atoms with Crippen LogP contribution in [0.25, 0.3) is 0 Å². The number of likely N-dealkylation sites (tertiary alicyclic amines) is 1. The zero-order valence-corrected chi connectivity index (χ0v) is 15.1. The molecule has 0 bridgehead atoms. The average Bonchev–Trinajstić information content (AvgIpc) is 3.11. The van der Waals surface area contributed by atoms with Gasteiger partial charge in [0.15, 0.2) is 5.82 Å². The Balaban J connectivity index is 1.65. The van der Waals surface area contributed by atoms with Gasteiger partial charge >= 0.3 is 0 Å². The number of nitrogens with zero attached hydrogens (tertiary/aromatic N) is 4. The van der Waals surface area contributed by atoms with Gasteiger partial charge < -0.3 is 14.5 Å². The highest BCUT2D eigenvalue weighted by atomic mass is 19.1. The van der Waals surface area contributed by atoms with Crippen LogP contribution in [-0.2, 0) is 0 Å². The van der Waals surface area contributed by atoms with E-state index in [4.69, 9.17) is 4.74 Å². The molecule has 1 saturated heterocycles. The van der Waals surface area contributed by atoms with Crippen molar-refractivity contribution in [2.75, 3.05) is 31.6 Å². The summed E-state index contributed by atoms with van der Waals surface area (Å²) in [5.74, 6) is 0.733. The molecule has 1 aliphatic heterocycles. The van der Waals surface area contributed by atoms with Gasteiger partial charge in [0.25, 0.3) is 11.8 Å². The fourth-order valence-electron chi connectivity index (χ4n) is 3.05. The molecule has 1 unspecified atom stereocenters. The third-order valence-electron chi connectivity index (χ3n) is 4.37. The van der Waals surface area contributed by atoms with E-state index in [0.717, 1.165) is 19.4 Å². The first-order valence-corrected chi connectivity index (χ1v) is 8.82. The van der Waals surface area contributed by atoms with Gasteiger partial charge in [-0.1, -0.05) is 6.92 Å². The van der Waals surface area contributed by atoms with Gasteiger partial charge in [-0.05, 0) is 30.7 Å². The second kappa shape index (κ2) is 8.12. The van der Waals surface area contributed by atoms with E-state index in [1.807, 2.05) is 11.9 Å². The number of aromatic nitrogens is 2. The van der Waals surface area contributed by atoms with Crippen LogP contribution in [0, 0.1) is 5.82 Å². The smallest absolute Gasteiger partial charge is 0.257 e. The number of carbonyl (C=O) groups is 1. The number of hydrogen-bond donors (Lipinski definition) is 0. The third-order valence-corrected chi connectivity index (χ3v) is 4.37. The van der Waals surface area contributed by atoms with Crippen molar-refractivity contribution in [1.29, 1.82) is 0 Å². The molecule has 0 N–H and O–H groups in total. The zero-order chi connectivity index (χ0) is 18.5. The van der Waals surface area contributed by atoms with Gasteiger partial charge in [0, 0.05) is 44.5 Å². The molecule has 1 amide bonds. The highest BCUT2D eigenvalue weighted by molar-refractivity contribution is 5.94. The molecule has 1 aromatic heterocycles. The summed E-state index contributed by atoms with van der Waals surface area (Å²) in [6.07, 6.45) is 4.84. The molecule has 6 nitrogen and oxygen atoms in total. The maximum absolute atomic E-state index is 13.0. The molecule has 0 saturated carbocycles. The summed E-state index contributed by atoms with van der Waals surface area (Å²) < 4.78 is 19.1. The normalized spacial score (nSPS) is 16.6. The number of benzene rings is 1. The first kappa shape index (κ1) is 18.1. The van der Waals surface area contributed by atoms with Crippen LogP contribution in [0.5, 0.6) is 5.88 Å². The van der Waals surface area contributed by atoms with E-state index < -0.39 is 0 Å². The lowest BCUT2D eigenvalue weighted by Crippen LogP contribution is -2.31. The zero-order valence-electron chi connectivity index (χ0n) is 15.1. The molecule has 0 spiro atoms. The molecule has 1 aliphatic rings. The Labute approximate surface area is 152 Å². The standard InChI is InChI=1S/C19H23FN4O2/c1-3-11-23(2)17-18(22-10-9-21-17)26-16-8-12-24(13-16)19(25)14-4-6-15(20)7-5-14/h4-7,9-10,16H,3,8,11-13H2,1-2H3. The van der Waals surface area contributed by atoms with Crippen molar-refractivity contribution in [3.63, 3.8) is 0 Å². The highest BCUT2D eigenvalue weighted by Gasteiger charge is 2.29. The molecular weight excluding hydrogens is 335 g/mol. The fraction of sp³-hybridized carbons (Fsp3) is 0.421. The molecule has 1 fully saturated rings. The van der Waals surface area contributed by atoms with Crippen LogP contribution in [0.1, 0.15) is 30.1 Å². The molecule has 3 rings (SSSR count). The lowest BCUT2D eigenvalue weighted by molar-refractivity contribution is 0.0771. The Kier molecular flexibility index (Phi) is 5.65. The molecule has 2 aromatic rings. The van der Waals surface area contributed by atoms with E-state index in [-0.39, 0.29) is 17.8 Å². The van der Waals surface area contributed by atoms with E-state index in [9.17, 15) is 9.18 Å². The Morgan fingerprint density at radius 3 is 2.77 bits per heavy atom. The molecule has 138 valence electrons. The van der Waals surface area contributed by atoms with Gasteiger partial charge in [-0.15, -0.1) is 0 Å². The Morgan fingerprint density at radius 1 is 1.31 bits per heavy atom. The van der Waals surface area contributed by atoms with Crippen LogP contribution in [0.2, 0.25) is 0 Å². The lowest BCUT2D eigenvalue weighted by Gasteiger charge is -2.21. The van der Waals surface area contributed by atoms with Gasteiger partial charge in [-0.25, -0.2) is 14.4 Å². The largest absolute Gasteiger partial charge is 0.470 e. The summed E-state index contributed by atoms with van der Waals surface area (Å²) in [5, 5.41) is 0. The minimum atomic E-state index is -0.351.